The summed E-state index contributed by atoms with van der Waals surface area (Å²) in [6, 6.07) is 0.752. The number of hydrogen-bond acceptors (Lipinski definition) is 2. The highest BCUT2D eigenvalue weighted by atomic mass is 16.2. The van der Waals surface area contributed by atoms with Crippen LogP contribution in [0.25, 0.3) is 0 Å². The standard InChI is InChI=1S/C11H20N2O/c1-9-7-13(8-9)11-3-5-12(6-4-11)10(2)14/h9,11H,3-8H2,1-2H3. The Bertz CT molecular complexity index is 215. The minimum atomic E-state index is 0.237. The summed E-state index contributed by atoms with van der Waals surface area (Å²) in [6.45, 7) is 8.44. The predicted molar refractivity (Wildman–Crippen MR) is 56.0 cm³/mol. The van der Waals surface area contributed by atoms with Crippen LogP contribution in [0.15, 0.2) is 0 Å². The van der Waals surface area contributed by atoms with Crippen molar-refractivity contribution in [2.75, 3.05) is 26.2 Å². The van der Waals surface area contributed by atoms with Crippen molar-refractivity contribution in [1.82, 2.24) is 9.80 Å². The van der Waals surface area contributed by atoms with Crippen molar-refractivity contribution in [1.29, 1.82) is 0 Å². The molecular weight excluding hydrogens is 176 g/mol. The lowest BCUT2D eigenvalue weighted by atomic mass is 9.94. The monoisotopic (exact) mass is 196 g/mol. The Hall–Kier alpha value is -0.570. The molecule has 0 bridgehead atoms. The fraction of sp³-hybridized carbons (Fsp3) is 0.909. The van der Waals surface area contributed by atoms with E-state index in [4.69, 9.17) is 0 Å². The van der Waals surface area contributed by atoms with Crippen LogP contribution in [0.3, 0.4) is 0 Å². The Morgan fingerprint density at radius 2 is 1.79 bits per heavy atom. The van der Waals surface area contributed by atoms with E-state index < -0.39 is 0 Å². The van der Waals surface area contributed by atoms with Gasteiger partial charge in [0.05, 0.1) is 0 Å². The first-order valence-corrected chi connectivity index (χ1v) is 5.66. The van der Waals surface area contributed by atoms with E-state index in [0.717, 1.165) is 25.0 Å². The smallest absolute Gasteiger partial charge is 0.219 e. The SMILES string of the molecule is CC(=O)N1CCC(N2CC(C)C2)CC1. The van der Waals surface area contributed by atoms with Gasteiger partial charge in [-0.15, -0.1) is 0 Å². The molecule has 2 heterocycles. The molecule has 0 unspecified atom stereocenters. The van der Waals surface area contributed by atoms with E-state index >= 15 is 0 Å². The van der Waals surface area contributed by atoms with Gasteiger partial charge < -0.3 is 4.90 Å². The predicted octanol–water partition coefficient (Wildman–Crippen LogP) is 0.949. The molecule has 2 fully saturated rings. The number of likely N-dealkylation sites (tertiary alicyclic amines) is 2. The summed E-state index contributed by atoms with van der Waals surface area (Å²) < 4.78 is 0. The third-order valence-corrected chi connectivity index (χ3v) is 3.52. The second-order valence-corrected chi connectivity index (χ2v) is 4.80. The van der Waals surface area contributed by atoms with Gasteiger partial charge in [0.25, 0.3) is 0 Å². The zero-order chi connectivity index (χ0) is 10.1. The van der Waals surface area contributed by atoms with Gasteiger partial charge in [0.15, 0.2) is 0 Å². The number of nitrogens with zero attached hydrogens (tertiary/aromatic N) is 2. The molecule has 0 N–H and O–H groups in total. The Morgan fingerprint density at radius 1 is 1.21 bits per heavy atom. The summed E-state index contributed by atoms with van der Waals surface area (Å²) >= 11 is 0. The molecule has 3 nitrogen and oxygen atoms in total. The largest absolute Gasteiger partial charge is 0.343 e. The van der Waals surface area contributed by atoms with Gasteiger partial charge in [0, 0.05) is 39.1 Å². The Kier molecular flexibility index (Phi) is 2.77. The van der Waals surface area contributed by atoms with Gasteiger partial charge >= 0.3 is 0 Å². The third kappa shape index (κ3) is 1.92. The van der Waals surface area contributed by atoms with E-state index in [1.165, 1.54) is 25.9 Å². The van der Waals surface area contributed by atoms with E-state index in [9.17, 15) is 4.79 Å². The second kappa shape index (κ2) is 3.89. The van der Waals surface area contributed by atoms with Crippen LogP contribution in [0.5, 0.6) is 0 Å². The molecule has 0 aliphatic carbocycles. The number of amides is 1. The summed E-state index contributed by atoms with van der Waals surface area (Å²) in [5, 5.41) is 0. The van der Waals surface area contributed by atoms with Gasteiger partial charge in [-0.3, -0.25) is 9.69 Å². The molecule has 0 radical (unpaired) electrons. The van der Waals surface area contributed by atoms with Gasteiger partial charge in [-0.2, -0.15) is 0 Å². The molecule has 2 rings (SSSR count). The van der Waals surface area contributed by atoms with Crippen molar-refractivity contribution in [2.45, 2.75) is 32.7 Å². The van der Waals surface area contributed by atoms with Crippen LogP contribution in [-0.2, 0) is 4.79 Å². The van der Waals surface area contributed by atoms with Gasteiger partial charge in [-0.05, 0) is 18.8 Å². The molecule has 0 aromatic rings. The Labute approximate surface area is 86.1 Å². The first-order valence-electron chi connectivity index (χ1n) is 5.66. The van der Waals surface area contributed by atoms with Gasteiger partial charge in [0.1, 0.15) is 0 Å². The minimum Gasteiger partial charge on any atom is -0.343 e. The fourth-order valence-corrected chi connectivity index (χ4v) is 2.59. The maximum atomic E-state index is 11.1. The first-order chi connectivity index (χ1) is 6.66. The maximum absolute atomic E-state index is 11.1. The van der Waals surface area contributed by atoms with Crippen molar-refractivity contribution < 1.29 is 4.79 Å². The molecule has 0 spiro atoms. The van der Waals surface area contributed by atoms with Crippen LogP contribution in [0, 0.1) is 5.92 Å². The van der Waals surface area contributed by atoms with Crippen molar-refractivity contribution in [3.05, 3.63) is 0 Å². The number of rotatable bonds is 1. The summed E-state index contributed by atoms with van der Waals surface area (Å²) in [5.74, 6) is 1.13. The van der Waals surface area contributed by atoms with E-state index in [1.807, 2.05) is 4.90 Å². The number of hydrogen-bond donors (Lipinski definition) is 0. The topological polar surface area (TPSA) is 23.6 Å². The highest BCUT2D eigenvalue weighted by Crippen LogP contribution is 2.24. The minimum absolute atomic E-state index is 0.237. The maximum Gasteiger partial charge on any atom is 0.219 e. The van der Waals surface area contributed by atoms with Gasteiger partial charge in [0.2, 0.25) is 5.91 Å². The summed E-state index contributed by atoms with van der Waals surface area (Å²) in [6.07, 6.45) is 2.35. The van der Waals surface area contributed by atoms with Crippen molar-refractivity contribution >= 4 is 5.91 Å². The molecule has 2 aliphatic rings. The number of piperidine rings is 1. The van der Waals surface area contributed by atoms with Crippen LogP contribution in [0.1, 0.15) is 26.7 Å². The van der Waals surface area contributed by atoms with Crippen molar-refractivity contribution in [2.24, 2.45) is 5.92 Å². The van der Waals surface area contributed by atoms with Crippen LogP contribution < -0.4 is 0 Å². The summed E-state index contributed by atoms with van der Waals surface area (Å²) in [5.41, 5.74) is 0. The fourth-order valence-electron chi connectivity index (χ4n) is 2.59. The zero-order valence-electron chi connectivity index (χ0n) is 9.20. The quantitative estimate of drug-likeness (QED) is 0.623. The summed E-state index contributed by atoms with van der Waals surface area (Å²) in [7, 11) is 0. The number of carbonyl (C=O) groups excluding carboxylic acids is 1. The highest BCUT2D eigenvalue weighted by Gasteiger charge is 2.31. The van der Waals surface area contributed by atoms with Crippen LogP contribution in [0.2, 0.25) is 0 Å². The van der Waals surface area contributed by atoms with E-state index in [0.29, 0.717) is 0 Å². The average molecular weight is 196 g/mol. The first kappa shape index (κ1) is 9.97. The van der Waals surface area contributed by atoms with Crippen molar-refractivity contribution in [3.8, 4) is 0 Å². The molecule has 80 valence electrons. The van der Waals surface area contributed by atoms with E-state index in [-0.39, 0.29) is 5.91 Å². The van der Waals surface area contributed by atoms with Crippen LogP contribution in [-0.4, -0.2) is 47.9 Å². The molecule has 14 heavy (non-hydrogen) atoms. The molecule has 0 atom stereocenters. The number of carbonyl (C=O) groups is 1. The normalized spacial score (nSPS) is 26.3. The van der Waals surface area contributed by atoms with Crippen LogP contribution in [0.4, 0.5) is 0 Å². The lowest BCUT2D eigenvalue weighted by molar-refractivity contribution is -0.130. The van der Waals surface area contributed by atoms with E-state index in [1.54, 1.807) is 6.92 Å². The molecular formula is C11H20N2O. The third-order valence-electron chi connectivity index (χ3n) is 3.52. The van der Waals surface area contributed by atoms with Crippen LogP contribution >= 0.6 is 0 Å². The average Bonchev–Trinajstić information content (AvgIpc) is 2.13. The zero-order valence-corrected chi connectivity index (χ0v) is 9.20. The molecule has 2 saturated heterocycles. The molecule has 3 heteroatoms. The second-order valence-electron chi connectivity index (χ2n) is 4.80. The highest BCUT2D eigenvalue weighted by molar-refractivity contribution is 5.73. The molecule has 0 aromatic heterocycles. The lowest BCUT2D eigenvalue weighted by Crippen LogP contribution is -2.54. The van der Waals surface area contributed by atoms with Gasteiger partial charge in [-0.1, -0.05) is 6.92 Å². The lowest BCUT2D eigenvalue weighted by Gasteiger charge is -2.46. The Balaban J connectivity index is 1.76. The van der Waals surface area contributed by atoms with E-state index in [2.05, 4.69) is 11.8 Å². The molecule has 0 saturated carbocycles. The molecule has 1 amide bonds. The molecule has 0 aromatic carbocycles. The molecule has 2 aliphatic heterocycles. The van der Waals surface area contributed by atoms with Crippen molar-refractivity contribution in [3.63, 3.8) is 0 Å². The van der Waals surface area contributed by atoms with Gasteiger partial charge in [-0.25, -0.2) is 0 Å². The Morgan fingerprint density at radius 3 is 2.21 bits per heavy atom. The summed E-state index contributed by atoms with van der Waals surface area (Å²) in [4.78, 5) is 15.7.